The lowest BCUT2D eigenvalue weighted by atomic mass is 9.98. The van der Waals surface area contributed by atoms with Gasteiger partial charge in [-0.3, -0.25) is 9.69 Å². The Morgan fingerprint density at radius 3 is 2.72 bits per heavy atom. The van der Waals surface area contributed by atoms with Crippen LogP contribution in [0.15, 0.2) is 21.6 Å². The standard InChI is InChI=1S/C17H26N2O5S/c1-2-23-17(20)14-6-5-9-18(12-14)13-15-7-8-16(24-15)25(21,22)19-10-3-4-11-19/h7-8,14H,2-6,9-13H2,1H3. The Hall–Kier alpha value is -1.38. The molecular weight excluding hydrogens is 344 g/mol. The van der Waals surface area contributed by atoms with Gasteiger partial charge in [0.2, 0.25) is 5.09 Å². The van der Waals surface area contributed by atoms with Crippen molar-refractivity contribution in [3.05, 3.63) is 17.9 Å². The molecule has 3 rings (SSSR count). The summed E-state index contributed by atoms with van der Waals surface area (Å²) < 4.78 is 37.2. The fourth-order valence-electron chi connectivity index (χ4n) is 3.51. The molecule has 0 aliphatic carbocycles. The van der Waals surface area contributed by atoms with Gasteiger partial charge in [-0.1, -0.05) is 0 Å². The predicted molar refractivity (Wildman–Crippen MR) is 91.3 cm³/mol. The first-order chi connectivity index (χ1) is 12.0. The molecular formula is C17H26N2O5S. The number of carbonyl (C=O) groups is 1. The summed E-state index contributed by atoms with van der Waals surface area (Å²) in [5.41, 5.74) is 0. The minimum atomic E-state index is -3.52. The lowest BCUT2D eigenvalue weighted by Crippen LogP contribution is -2.38. The van der Waals surface area contributed by atoms with Crippen LogP contribution in [-0.4, -0.2) is 56.4 Å². The van der Waals surface area contributed by atoms with Crippen LogP contribution in [0.25, 0.3) is 0 Å². The lowest BCUT2D eigenvalue weighted by molar-refractivity contribution is -0.150. The van der Waals surface area contributed by atoms with Crippen LogP contribution in [-0.2, 0) is 26.1 Å². The highest BCUT2D eigenvalue weighted by atomic mass is 32.2. The molecule has 140 valence electrons. The molecule has 2 saturated heterocycles. The van der Waals surface area contributed by atoms with Crippen LogP contribution in [0.4, 0.5) is 0 Å². The van der Waals surface area contributed by atoms with E-state index in [1.807, 2.05) is 6.92 Å². The summed E-state index contributed by atoms with van der Waals surface area (Å²) in [4.78, 5) is 14.0. The van der Waals surface area contributed by atoms with Crippen molar-refractivity contribution in [2.45, 2.75) is 44.2 Å². The molecule has 0 radical (unpaired) electrons. The van der Waals surface area contributed by atoms with Gasteiger partial charge in [0.15, 0.2) is 0 Å². The predicted octanol–water partition coefficient (Wildman–Crippen LogP) is 1.84. The number of hydrogen-bond donors (Lipinski definition) is 0. The number of furan rings is 1. The van der Waals surface area contributed by atoms with Crippen molar-refractivity contribution in [1.29, 1.82) is 0 Å². The summed E-state index contributed by atoms with van der Waals surface area (Å²) in [6, 6.07) is 3.26. The minimum absolute atomic E-state index is 0.0170. The highest BCUT2D eigenvalue weighted by Gasteiger charge is 2.31. The first-order valence-electron chi connectivity index (χ1n) is 8.98. The van der Waals surface area contributed by atoms with Crippen molar-refractivity contribution in [2.75, 3.05) is 32.8 Å². The fraction of sp³-hybridized carbons (Fsp3) is 0.706. The topological polar surface area (TPSA) is 80.1 Å². The molecule has 0 bridgehead atoms. The van der Waals surface area contributed by atoms with E-state index >= 15 is 0 Å². The van der Waals surface area contributed by atoms with E-state index in [0.717, 1.165) is 32.2 Å². The Bertz CT molecular complexity index is 694. The monoisotopic (exact) mass is 370 g/mol. The average Bonchev–Trinajstić information content (AvgIpc) is 3.27. The van der Waals surface area contributed by atoms with Crippen molar-refractivity contribution in [3.8, 4) is 0 Å². The van der Waals surface area contributed by atoms with E-state index < -0.39 is 10.0 Å². The summed E-state index contributed by atoms with van der Waals surface area (Å²) >= 11 is 0. The highest BCUT2D eigenvalue weighted by molar-refractivity contribution is 7.89. The third kappa shape index (κ3) is 4.24. The Labute approximate surface area is 149 Å². The molecule has 1 aromatic rings. The Kier molecular flexibility index (Phi) is 5.81. The third-order valence-corrected chi connectivity index (χ3v) is 6.57. The van der Waals surface area contributed by atoms with E-state index in [0.29, 0.717) is 38.5 Å². The molecule has 0 aromatic carbocycles. The molecule has 2 aliphatic rings. The van der Waals surface area contributed by atoms with Crippen LogP contribution >= 0.6 is 0 Å². The first-order valence-corrected chi connectivity index (χ1v) is 10.4. The van der Waals surface area contributed by atoms with E-state index in [1.54, 1.807) is 6.07 Å². The normalized spacial score (nSPS) is 23.0. The van der Waals surface area contributed by atoms with Crippen molar-refractivity contribution >= 4 is 16.0 Å². The third-order valence-electron chi connectivity index (χ3n) is 4.80. The molecule has 1 unspecified atom stereocenters. The summed E-state index contributed by atoms with van der Waals surface area (Å²) in [6.07, 6.45) is 3.55. The van der Waals surface area contributed by atoms with Crippen LogP contribution in [0.2, 0.25) is 0 Å². The van der Waals surface area contributed by atoms with Gasteiger partial charge >= 0.3 is 5.97 Å². The van der Waals surface area contributed by atoms with Crippen molar-refractivity contribution in [1.82, 2.24) is 9.21 Å². The van der Waals surface area contributed by atoms with E-state index in [1.165, 1.54) is 10.4 Å². The van der Waals surface area contributed by atoms with Crippen molar-refractivity contribution in [3.63, 3.8) is 0 Å². The van der Waals surface area contributed by atoms with Gasteiger partial charge in [-0.2, -0.15) is 4.31 Å². The lowest BCUT2D eigenvalue weighted by Gasteiger charge is -2.30. The van der Waals surface area contributed by atoms with Crippen molar-refractivity contribution in [2.24, 2.45) is 5.92 Å². The largest absolute Gasteiger partial charge is 0.466 e. The highest BCUT2D eigenvalue weighted by Crippen LogP contribution is 2.25. The number of esters is 1. The number of sulfonamides is 1. The number of rotatable bonds is 6. The van der Waals surface area contributed by atoms with Gasteiger partial charge in [0.05, 0.1) is 19.1 Å². The molecule has 25 heavy (non-hydrogen) atoms. The zero-order chi connectivity index (χ0) is 17.9. The fourth-order valence-corrected chi connectivity index (χ4v) is 4.96. The average molecular weight is 370 g/mol. The van der Waals surface area contributed by atoms with E-state index in [-0.39, 0.29) is 17.0 Å². The minimum Gasteiger partial charge on any atom is -0.466 e. The van der Waals surface area contributed by atoms with Gasteiger partial charge in [0.1, 0.15) is 5.76 Å². The number of ether oxygens (including phenoxy) is 1. The Balaban J connectivity index is 1.62. The number of likely N-dealkylation sites (tertiary alicyclic amines) is 1. The van der Waals surface area contributed by atoms with Gasteiger partial charge in [-0.25, -0.2) is 8.42 Å². The van der Waals surface area contributed by atoms with Crippen LogP contribution in [0, 0.1) is 5.92 Å². The number of piperidine rings is 1. The molecule has 1 atom stereocenters. The van der Waals surface area contributed by atoms with E-state index in [4.69, 9.17) is 9.15 Å². The van der Waals surface area contributed by atoms with Gasteiger partial charge in [-0.05, 0) is 51.3 Å². The van der Waals surface area contributed by atoms with Gasteiger partial charge in [0, 0.05) is 19.6 Å². The smallest absolute Gasteiger partial charge is 0.310 e. The summed E-state index contributed by atoms with van der Waals surface area (Å²) in [5.74, 6) is 0.350. The van der Waals surface area contributed by atoms with Crippen LogP contribution in [0.3, 0.4) is 0 Å². The number of carbonyl (C=O) groups excluding carboxylic acids is 1. The van der Waals surface area contributed by atoms with E-state index in [2.05, 4.69) is 4.90 Å². The SMILES string of the molecule is CCOC(=O)C1CCCN(Cc2ccc(S(=O)(=O)N3CCCC3)o2)C1. The number of nitrogens with zero attached hydrogens (tertiary/aromatic N) is 2. The number of hydrogen-bond acceptors (Lipinski definition) is 6. The molecule has 7 nitrogen and oxygen atoms in total. The maximum Gasteiger partial charge on any atom is 0.310 e. The second kappa shape index (κ2) is 7.88. The molecule has 0 N–H and O–H groups in total. The summed E-state index contributed by atoms with van der Waals surface area (Å²) in [6.45, 7) is 5.32. The molecule has 8 heteroatoms. The Morgan fingerprint density at radius 2 is 2.00 bits per heavy atom. The van der Waals surface area contributed by atoms with Gasteiger partial charge in [0.25, 0.3) is 10.0 Å². The van der Waals surface area contributed by atoms with E-state index in [9.17, 15) is 13.2 Å². The van der Waals surface area contributed by atoms with Crippen LogP contribution in [0.5, 0.6) is 0 Å². The first kappa shape index (κ1) is 18.4. The molecule has 0 spiro atoms. The second-order valence-electron chi connectivity index (χ2n) is 6.66. The van der Waals surface area contributed by atoms with Gasteiger partial charge in [-0.15, -0.1) is 0 Å². The molecule has 0 saturated carbocycles. The van der Waals surface area contributed by atoms with Gasteiger partial charge < -0.3 is 9.15 Å². The maximum atomic E-state index is 12.5. The van der Waals surface area contributed by atoms with Crippen LogP contribution in [0.1, 0.15) is 38.4 Å². The Morgan fingerprint density at radius 1 is 1.24 bits per heavy atom. The zero-order valence-electron chi connectivity index (χ0n) is 14.6. The molecule has 3 heterocycles. The quantitative estimate of drug-likeness (QED) is 0.711. The maximum absolute atomic E-state index is 12.5. The molecule has 2 aliphatic heterocycles. The summed E-state index contributed by atoms with van der Waals surface area (Å²) in [7, 11) is -3.52. The molecule has 2 fully saturated rings. The molecule has 1 aromatic heterocycles. The summed E-state index contributed by atoms with van der Waals surface area (Å²) in [5, 5.41) is 0.0170. The van der Waals surface area contributed by atoms with Crippen molar-refractivity contribution < 1.29 is 22.4 Å². The van der Waals surface area contributed by atoms with Crippen LogP contribution < -0.4 is 0 Å². The second-order valence-corrected chi connectivity index (χ2v) is 8.53. The zero-order valence-corrected chi connectivity index (χ0v) is 15.5. The molecule has 0 amide bonds.